The maximum atomic E-state index is 12.6. The molecule has 0 saturated carbocycles. The number of carbonyl (C=O) groups excluding carboxylic acids is 1. The van der Waals surface area contributed by atoms with Crippen LogP contribution in [0.2, 0.25) is 0 Å². The van der Waals surface area contributed by atoms with Gasteiger partial charge in [-0.3, -0.25) is 4.79 Å². The molecule has 0 spiro atoms. The van der Waals surface area contributed by atoms with Crippen molar-refractivity contribution in [2.75, 3.05) is 20.1 Å². The SMILES string of the molecule is Cc1ccc(S(=O)(=O)N(C)CCNC(=O)c2ccc(-n3cccc3)cc2)cc1. The van der Waals surface area contributed by atoms with Gasteiger partial charge in [0, 0.05) is 43.8 Å². The number of rotatable bonds is 7. The number of nitrogens with zero attached hydrogens (tertiary/aromatic N) is 2. The Morgan fingerprint density at radius 2 is 1.61 bits per heavy atom. The van der Waals surface area contributed by atoms with Crippen LogP contribution in [0.5, 0.6) is 0 Å². The Bertz CT molecular complexity index is 1030. The number of benzene rings is 2. The van der Waals surface area contributed by atoms with Gasteiger partial charge in [-0.05, 0) is 55.5 Å². The number of aromatic nitrogens is 1. The average Bonchev–Trinajstić information content (AvgIpc) is 3.23. The summed E-state index contributed by atoms with van der Waals surface area (Å²) in [6.45, 7) is 2.31. The Hall–Kier alpha value is -2.90. The summed E-state index contributed by atoms with van der Waals surface area (Å²) >= 11 is 0. The van der Waals surface area contributed by atoms with Crippen LogP contribution in [0.4, 0.5) is 0 Å². The summed E-state index contributed by atoms with van der Waals surface area (Å²) in [6.07, 6.45) is 3.86. The summed E-state index contributed by atoms with van der Waals surface area (Å²) < 4.78 is 28.3. The first-order valence-electron chi connectivity index (χ1n) is 8.92. The van der Waals surface area contributed by atoms with Crippen LogP contribution in [-0.4, -0.2) is 43.3 Å². The van der Waals surface area contributed by atoms with Crippen molar-refractivity contribution in [3.63, 3.8) is 0 Å². The number of hydrogen-bond acceptors (Lipinski definition) is 3. The molecule has 7 heteroatoms. The number of amides is 1. The van der Waals surface area contributed by atoms with Gasteiger partial charge in [0.05, 0.1) is 4.90 Å². The van der Waals surface area contributed by atoms with Crippen molar-refractivity contribution in [2.24, 2.45) is 0 Å². The summed E-state index contributed by atoms with van der Waals surface area (Å²) in [5.41, 5.74) is 2.49. The van der Waals surface area contributed by atoms with E-state index in [9.17, 15) is 13.2 Å². The lowest BCUT2D eigenvalue weighted by molar-refractivity contribution is 0.0952. The van der Waals surface area contributed by atoms with Crippen LogP contribution in [-0.2, 0) is 10.0 Å². The molecule has 0 radical (unpaired) electrons. The van der Waals surface area contributed by atoms with Gasteiger partial charge in [-0.25, -0.2) is 8.42 Å². The predicted molar refractivity (Wildman–Crippen MR) is 109 cm³/mol. The number of nitrogens with one attached hydrogen (secondary N) is 1. The zero-order chi connectivity index (χ0) is 20.1. The monoisotopic (exact) mass is 397 g/mol. The van der Waals surface area contributed by atoms with E-state index in [2.05, 4.69) is 5.32 Å². The number of likely N-dealkylation sites (N-methyl/N-ethyl adjacent to an activating group) is 1. The number of carbonyl (C=O) groups is 1. The fraction of sp³-hybridized carbons (Fsp3) is 0.190. The second kappa shape index (κ2) is 8.41. The molecule has 0 atom stereocenters. The summed E-state index contributed by atoms with van der Waals surface area (Å²) in [5, 5.41) is 2.76. The van der Waals surface area contributed by atoms with E-state index in [1.807, 2.05) is 48.1 Å². The second-order valence-electron chi connectivity index (χ2n) is 6.53. The molecular formula is C21H23N3O3S. The van der Waals surface area contributed by atoms with Crippen LogP contribution in [0.1, 0.15) is 15.9 Å². The minimum atomic E-state index is -3.57. The second-order valence-corrected chi connectivity index (χ2v) is 8.58. The van der Waals surface area contributed by atoms with Crippen molar-refractivity contribution in [3.8, 4) is 5.69 Å². The minimum absolute atomic E-state index is 0.184. The van der Waals surface area contributed by atoms with E-state index in [1.54, 1.807) is 36.4 Å². The maximum absolute atomic E-state index is 12.6. The summed E-state index contributed by atoms with van der Waals surface area (Å²) in [4.78, 5) is 12.5. The lowest BCUT2D eigenvalue weighted by atomic mass is 10.2. The van der Waals surface area contributed by atoms with E-state index in [-0.39, 0.29) is 23.9 Å². The highest BCUT2D eigenvalue weighted by molar-refractivity contribution is 7.89. The lowest BCUT2D eigenvalue weighted by Crippen LogP contribution is -2.36. The minimum Gasteiger partial charge on any atom is -0.351 e. The molecule has 1 heterocycles. The van der Waals surface area contributed by atoms with Crippen LogP contribution >= 0.6 is 0 Å². The third kappa shape index (κ3) is 4.49. The Morgan fingerprint density at radius 3 is 2.21 bits per heavy atom. The van der Waals surface area contributed by atoms with Crippen LogP contribution in [0.25, 0.3) is 5.69 Å². The van der Waals surface area contributed by atoms with Gasteiger partial charge in [0.25, 0.3) is 5.91 Å². The first-order valence-corrected chi connectivity index (χ1v) is 10.4. The van der Waals surface area contributed by atoms with Crippen molar-refractivity contribution in [3.05, 3.63) is 84.2 Å². The van der Waals surface area contributed by atoms with E-state index in [0.29, 0.717) is 5.56 Å². The van der Waals surface area contributed by atoms with Crippen molar-refractivity contribution in [1.29, 1.82) is 0 Å². The molecule has 28 heavy (non-hydrogen) atoms. The fourth-order valence-electron chi connectivity index (χ4n) is 2.73. The molecule has 0 saturated heterocycles. The number of sulfonamides is 1. The zero-order valence-corrected chi connectivity index (χ0v) is 16.7. The number of aryl methyl sites for hydroxylation is 1. The van der Waals surface area contributed by atoms with Gasteiger partial charge in [-0.2, -0.15) is 4.31 Å². The van der Waals surface area contributed by atoms with Crippen molar-refractivity contribution in [1.82, 2.24) is 14.2 Å². The van der Waals surface area contributed by atoms with E-state index in [0.717, 1.165) is 11.3 Å². The molecule has 1 N–H and O–H groups in total. The van der Waals surface area contributed by atoms with Crippen molar-refractivity contribution >= 4 is 15.9 Å². The molecule has 2 aromatic carbocycles. The Morgan fingerprint density at radius 1 is 1.00 bits per heavy atom. The molecule has 3 rings (SSSR count). The van der Waals surface area contributed by atoms with Crippen LogP contribution in [0.15, 0.2) is 78.0 Å². The molecule has 0 unspecified atom stereocenters. The van der Waals surface area contributed by atoms with Crippen LogP contribution < -0.4 is 5.32 Å². The smallest absolute Gasteiger partial charge is 0.251 e. The van der Waals surface area contributed by atoms with Gasteiger partial charge in [0.2, 0.25) is 10.0 Å². The topological polar surface area (TPSA) is 71.4 Å². The summed E-state index contributed by atoms with van der Waals surface area (Å²) in [6, 6.07) is 17.8. The molecule has 146 valence electrons. The lowest BCUT2D eigenvalue weighted by Gasteiger charge is -2.17. The van der Waals surface area contributed by atoms with Gasteiger partial charge in [-0.1, -0.05) is 17.7 Å². The molecular weight excluding hydrogens is 374 g/mol. The molecule has 1 aromatic heterocycles. The molecule has 6 nitrogen and oxygen atoms in total. The maximum Gasteiger partial charge on any atom is 0.251 e. The fourth-order valence-corrected chi connectivity index (χ4v) is 3.90. The van der Waals surface area contributed by atoms with Crippen molar-refractivity contribution in [2.45, 2.75) is 11.8 Å². The molecule has 3 aromatic rings. The van der Waals surface area contributed by atoms with Gasteiger partial charge < -0.3 is 9.88 Å². The summed E-state index contributed by atoms with van der Waals surface area (Å²) in [7, 11) is -2.06. The van der Waals surface area contributed by atoms with Crippen molar-refractivity contribution < 1.29 is 13.2 Å². The first-order chi connectivity index (χ1) is 13.4. The van der Waals surface area contributed by atoms with E-state index in [1.165, 1.54) is 11.4 Å². The highest BCUT2D eigenvalue weighted by Gasteiger charge is 2.20. The largest absolute Gasteiger partial charge is 0.351 e. The van der Waals surface area contributed by atoms with E-state index in [4.69, 9.17) is 0 Å². The predicted octanol–water partition coefficient (Wildman–Crippen LogP) is 2.84. The highest BCUT2D eigenvalue weighted by atomic mass is 32.2. The molecule has 0 bridgehead atoms. The Kier molecular flexibility index (Phi) is 5.96. The molecule has 0 fully saturated rings. The van der Waals surface area contributed by atoms with Crippen LogP contribution in [0.3, 0.4) is 0 Å². The van der Waals surface area contributed by atoms with E-state index >= 15 is 0 Å². The van der Waals surface area contributed by atoms with Gasteiger partial charge in [-0.15, -0.1) is 0 Å². The summed E-state index contributed by atoms with van der Waals surface area (Å²) in [5.74, 6) is -0.236. The molecule has 1 amide bonds. The van der Waals surface area contributed by atoms with Crippen LogP contribution in [0, 0.1) is 6.92 Å². The molecule has 0 aliphatic rings. The third-order valence-electron chi connectivity index (χ3n) is 4.47. The van der Waals surface area contributed by atoms with E-state index < -0.39 is 10.0 Å². The first kappa shape index (κ1) is 19.9. The third-order valence-corrected chi connectivity index (χ3v) is 6.34. The molecule has 0 aliphatic carbocycles. The highest BCUT2D eigenvalue weighted by Crippen LogP contribution is 2.14. The zero-order valence-electron chi connectivity index (χ0n) is 15.9. The standard InChI is InChI=1S/C21H23N3O3S/c1-17-5-11-20(12-6-17)28(26,27)23(2)16-13-22-21(25)18-7-9-19(10-8-18)24-14-3-4-15-24/h3-12,14-15H,13,16H2,1-2H3,(H,22,25). The normalized spacial score (nSPS) is 11.5. The number of hydrogen-bond donors (Lipinski definition) is 1. The average molecular weight is 398 g/mol. The quantitative estimate of drug-likeness (QED) is 0.666. The van der Waals surface area contributed by atoms with Gasteiger partial charge in [0.1, 0.15) is 0 Å². The molecule has 0 aliphatic heterocycles. The Balaban J connectivity index is 1.55. The van der Waals surface area contributed by atoms with Gasteiger partial charge in [0.15, 0.2) is 0 Å². The Labute approximate surface area is 165 Å². The van der Waals surface area contributed by atoms with Gasteiger partial charge >= 0.3 is 0 Å².